The number of ketones is 1. The van der Waals surface area contributed by atoms with Gasteiger partial charge in [-0.25, -0.2) is 4.79 Å². The second-order valence-electron chi connectivity index (χ2n) is 7.23. The van der Waals surface area contributed by atoms with Crippen LogP contribution in [0, 0.1) is 0 Å². The molecule has 0 bridgehead atoms. The Morgan fingerprint density at radius 1 is 1.00 bits per heavy atom. The van der Waals surface area contributed by atoms with Crippen LogP contribution in [0.4, 0.5) is 18.0 Å². The first-order valence-electron chi connectivity index (χ1n) is 10.2. The maximum Gasteiger partial charge on any atom is 0.399 e. The summed E-state index contributed by atoms with van der Waals surface area (Å²) in [6.45, 7) is 2.59. The van der Waals surface area contributed by atoms with Crippen molar-refractivity contribution in [2.45, 2.75) is 31.9 Å². The van der Waals surface area contributed by atoms with E-state index in [1.54, 1.807) is 6.92 Å². The van der Waals surface area contributed by atoms with Crippen molar-refractivity contribution >= 4 is 64.3 Å². The van der Waals surface area contributed by atoms with Crippen LogP contribution < -0.4 is 10.6 Å². The molecule has 0 saturated heterocycles. The topological polar surface area (TPSA) is 58.2 Å². The number of hydrogen-bond acceptors (Lipinski definition) is 2. The molecule has 0 aliphatic heterocycles. The first-order valence-corrected chi connectivity index (χ1v) is 11.7. The minimum Gasteiger partial charge on any atom is -0.338 e. The average molecular weight is 556 g/mol. The number of benzene rings is 2. The quantitative estimate of drug-likeness (QED) is 0.187. The molecule has 1 unspecified atom stereocenters. The summed E-state index contributed by atoms with van der Waals surface area (Å²) in [7, 11) is 0. The molecule has 2 amide bonds. The molecule has 2 rings (SSSR count). The standard InChI is InChI=1S/C23H21Cl4F3N2O2/c1-2-31-22(34)32-9-3-4-20(33)15-7-5-13(10-17(15)24)6-8-16(23(28,29)30)14-11-18(25)21(27)19(26)12-14/h5-8,10-12,16H,2-4,9H2,1H3,(H2,31,32,34)/b8-6+. The molecule has 0 heterocycles. The van der Waals surface area contributed by atoms with E-state index in [0.717, 1.165) is 18.2 Å². The molecule has 2 N–H and O–H groups in total. The van der Waals surface area contributed by atoms with Gasteiger partial charge in [-0.05, 0) is 48.7 Å². The third-order valence-corrected chi connectivity index (χ3v) is 6.21. The molecule has 0 aromatic heterocycles. The van der Waals surface area contributed by atoms with Crippen LogP contribution >= 0.6 is 46.4 Å². The van der Waals surface area contributed by atoms with E-state index < -0.39 is 12.1 Å². The molecule has 0 spiro atoms. The minimum absolute atomic E-state index is 0.0240. The van der Waals surface area contributed by atoms with Gasteiger partial charge in [0.1, 0.15) is 0 Å². The monoisotopic (exact) mass is 554 g/mol. The summed E-state index contributed by atoms with van der Waals surface area (Å²) in [6, 6.07) is 6.29. The van der Waals surface area contributed by atoms with Crippen LogP contribution in [-0.4, -0.2) is 31.1 Å². The van der Waals surface area contributed by atoms with Crippen molar-refractivity contribution in [2.75, 3.05) is 13.1 Å². The highest BCUT2D eigenvalue weighted by atomic mass is 35.5. The first kappa shape index (κ1) is 28.3. The minimum atomic E-state index is -4.61. The summed E-state index contributed by atoms with van der Waals surface area (Å²) in [5.41, 5.74) is 0.461. The second kappa shape index (κ2) is 12.7. The molecule has 2 aromatic rings. The van der Waals surface area contributed by atoms with Crippen molar-refractivity contribution in [1.29, 1.82) is 0 Å². The zero-order chi connectivity index (χ0) is 25.5. The van der Waals surface area contributed by atoms with E-state index >= 15 is 0 Å². The smallest absolute Gasteiger partial charge is 0.338 e. The van der Waals surface area contributed by atoms with E-state index in [1.165, 1.54) is 24.3 Å². The molecule has 11 heteroatoms. The van der Waals surface area contributed by atoms with Gasteiger partial charge in [0.05, 0.1) is 26.0 Å². The Hall–Kier alpha value is -1.93. The Morgan fingerprint density at radius 2 is 1.65 bits per heavy atom. The number of rotatable bonds is 9. The molecule has 4 nitrogen and oxygen atoms in total. The Labute approximate surface area is 215 Å². The summed E-state index contributed by atoms with van der Waals surface area (Å²) in [5, 5.41) is 5.12. The van der Waals surface area contributed by atoms with E-state index in [0.29, 0.717) is 25.1 Å². The summed E-state index contributed by atoms with van der Waals surface area (Å²) in [6.07, 6.45) is -1.84. The maximum atomic E-state index is 13.7. The van der Waals surface area contributed by atoms with Gasteiger partial charge in [-0.1, -0.05) is 64.6 Å². The molecule has 0 aliphatic carbocycles. The fourth-order valence-electron chi connectivity index (χ4n) is 3.04. The van der Waals surface area contributed by atoms with Gasteiger partial charge in [-0.2, -0.15) is 13.2 Å². The van der Waals surface area contributed by atoms with Crippen molar-refractivity contribution in [2.24, 2.45) is 0 Å². The number of hydrogen-bond donors (Lipinski definition) is 2. The average Bonchev–Trinajstić information content (AvgIpc) is 2.74. The third-order valence-electron chi connectivity index (χ3n) is 4.70. The predicted octanol–water partition coefficient (Wildman–Crippen LogP) is 7.94. The number of carbonyl (C=O) groups is 2. The molecule has 0 saturated carbocycles. The van der Waals surface area contributed by atoms with Crippen molar-refractivity contribution in [1.82, 2.24) is 10.6 Å². The summed E-state index contributed by atoms with van der Waals surface area (Å²) in [4.78, 5) is 23.7. The van der Waals surface area contributed by atoms with Crippen LogP contribution in [0.15, 0.2) is 36.4 Å². The lowest BCUT2D eigenvalue weighted by molar-refractivity contribution is -0.139. The van der Waals surface area contributed by atoms with Crippen LogP contribution in [0.25, 0.3) is 6.08 Å². The molecular formula is C23H21Cl4F3N2O2. The SMILES string of the molecule is CCNC(=O)NCCCC(=O)c1ccc(/C=C/C(c2cc(Cl)c(Cl)c(Cl)c2)C(F)(F)F)cc1Cl. The second-order valence-corrected chi connectivity index (χ2v) is 8.83. The number of Topliss-reactive ketones (excluding diaryl/α,β-unsaturated/α-hetero) is 1. The van der Waals surface area contributed by atoms with Crippen LogP contribution in [-0.2, 0) is 0 Å². The van der Waals surface area contributed by atoms with Crippen molar-refractivity contribution in [3.05, 3.63) is 73.2 Å². The lowest BCUT2D eigenvalue weighted by Crippen LogP contribution is -2.35. The Morgan fingerprint density at radius 3 is 2.21 bits per heavy atom. The van der Waals surface area contributed by atoms with Gasteiger partial charge >= 0.3 is 12.2 Å². The third kappa shape index (κ3) is 8.08. The van der Waals surface area contributed by atoms with Gasteiger partial charge in [0.2, 0.25) is 0 Å². The largest absolute Gasteiger partial charge is 0.399 e. The highest BCUT2D eigenvalue weighted by molar-refractivity contribution is 6.48. The van der Waals surface area contributed by atoms with E-state index in [2.05, 4.69) is 10.6 Å². The Balaban J connectivity index is 2.12. The van der Waals surface area contributed by atoms with E-state index in [-0.39, 0.29) is 49.5 Å². The zero-order valence-electron chi connectivity index (χ0n) is 17.9. The Bertz CT molecular complexity index is 1050. The molecule has 0 radical (unpaired) electrons. The fourth-order valence-corrected chi connectivity index (χ4v) is 3.95. The highest BCUT2D eigenvalue weighted by Crippen LogP contribution is 2.41. The van der Waals surface area contributed by atoms with Gasteiger partial charge in [0.15, 0.2) is 5.78 Å². The van der Waals surface area contributed by atoms with Crippen LogP contribution in [0.5, 0.6) is 0 Å². The van der Waals surface area contributed by atoms with Gasteiger partial charge in [0.25, 0.3) is 0 Å². The summed E-state index contributed by atoms with van der Waals surface area (Å²) < 4.78 is 41.1. The number of amides is 2. The lowest BCUT2D eigenvalue weighted by atomic mass is 9.96. The molecule has 0 fully saturated rings. The molecule has 184 valence electrons. The molecule has 34 heavy (non-hydrogen) atoms. The van der Waals surface area contributed by atoms with Crippen molar-refractivity contribution in [3.8, 4) is 0 Å². The number of allylic oxidation sites excluding steroid dienone is 1. The Kier molecular flexibility index (Phi) is 10.6. The van der Waals surface area contributed by atoms with Gasteiger partial charge in [0, 0.05) is 25.1 Å². The number of halogens is 7. The van der Waals surface area contributed by atoms with Crippen molar-refractivity contribution < 1.29 is 22.8 Å². The molecule has 2 aromatic carbocycles. The van der Waals surface area contributed by atoms with E-state index in [9.17, 15) is 22.8 Å². The highest BCUT2D eigenvalue weighted by Gasteiger charge is 2.39. The molecular weight excluding hydrogens is 535 g/mol. The maximum absolute atomic E-state index is 13.7. The summed E-state index contributed by atoms with van der Waals surface area (Å²) in [5.74, 6) is -2.23. The van der Waals surface area contributed by atoms with Crippen molar-refractivity contribution in [3.63, 3.8) is 0 Å². The van der Waals surface area contributed by atoms with Gasteiger partial charge < -0.3 is 10.6 Å². The number of nitrogens with one attached hydrogen (secondary N) is 2. The lowest BCUT2D eigenvalue weighted by Gasteiger charge is -2.18. The molecule has 1 atom stereocenters. The molecule has 0 aliphatic rings. The number of carbonyl (C=O) groups excluding carboxylic acids is 2. The number of urea groups is 1. The fraction of sp³-hybridized carbons (Fsp3) is 0.304. The normalized spacial score (nSPS) is 12.6. The van der Waals surface area contributed by atoms with Crippen LogP contribution in [0.1, 0.15) is 47.2 Å². The number of alkyl halides is 3. The van der Waals surface area contributed by atoms with Gasteiger partial charge in [-0.3, -0.25) is 4.79 Å². The van der Waals surface area contributed by atoms with Crippen LogP contribution in [0.2, 0.25) is 20.1 Å². The van der Waals surface area contributed by atoms with E-state index in [1.807, 2.05) is 0 Å². The van der Waals surface area contributed by atoms with Crippen LogP contribution in [0.3, 0.4) is 0 Å². The first-order chi connectivity index (χ1) is 15.9. The predicted molar refractivity (Wildman–Crippen MR) is 131 cm³/mol. The summed E-state index contributed by atoms with van der Waals surface area (Å²) >= 11 is 23.8. The van der Waals surface area contributed by atoms with Gasteiger partial charge in [-0.15, -0.1) is 0 Å². The zero-order valence-corrected chi connectivity index (χ0v) is 20.9. The van der Waals surface area contributed by atoms with E-state index in [4.69, 9.17) is 46.4 Å².